The maximum Gasteiger partial charge on any atom is 0.326 e. The SMILES string of the molecule is CCC(C)C(N)C(=O)NC(CC(N)=O)C(=O)NC(CCCCN)C(=O)NC(Cc1ccc(O)cc1)C(=O)O. The van der Waals surface area contributed by atoms with Gasteiger partial charge in [0, 0.05) is 6.42 Å². The quantitative estimate of drug-likeness (QED) is 0.112. The van der Waals surface area contributed by atoms with Crippen molar-refractivity contribution in [1.82, 2.24) is 16.0 Å². The summed E-state index contributed by atoms with van der Waals surface area (Å²) in [5.41, 5.74) is 17.3. The van der Waals surface area contributed by atoms with Crippen LogP contribution in [0.25, 0.3) is 0 Å². The Morgan fingerprint density at radius 2 is 1.45 bits per heavy atom. The molecule has 0 heterocycles. The molecule has 212 valence electrons. The number of amides is 4. The van der Waals surface area contributed by atoms with Crippen molar-refractivity contribution in [2.75, 3.05) is 6.54 Å². The van der Waals surface area contributed by atoms with Gasteiger partial charge < -0.3 is 43.4 Å². The monoisotopic (exact) mass is 536 g/mol. The molecule has 1 aromatic rings. The van der Waals surface area contributed by atoms with Gasteiger partial charge in [-0.2, -0.15) is 0 Å². The van der Waals surface area contributed by atoms with Crippen molar-refractivity contribution in [2.24, 2.45) is 23.1 Å². The summed E-state index contributed by atoms with van der Waals surface area (Å²) >= 11 is 0. The Morgan fingerprint density at radius 1 is 0.895 bits per heavy atom. The molecule has 1 rings (SSSR count). The lowest BCUT2D eigenvalue weighted by Gasteiger charge is -2.25. The minimum absolute atomic E-state index is 0.00931. The standard InChI is InChI=1S/C25H40N6O7/c1-3-14(2)21(28)24(36)30-18(13-20(27)33)23(35)29-17(6-4-5-11-26)22(34)31-19(25(37)38)12-15-7-9-16(32)10-8-15/h7-10,14,17-19,21,32H,3-6,11-13,26,28H2,1-2H3,(H2,27,33)(H,29,35)(H,30,36)(H,31,34)(H,37,38). The van der Waals surface area contributed by atoms with Gasteiger partial charge in [0.2, 0.25) is 23.6 Å². The van der Waals surface area contributed by atoms with Gasteiger partial charge in [0.05, 0.1) is 12.5 Å². The molecule has 11 N–H and O–H groups in total. The molecule has 5 atom stereocenters. The van der Waals surface area contributed by atoms with Crippen molar-refractivity contribution in [3.8, 4) is 5.75 Å². The second kappa shape index (κ2) is 16.2. The van der Waals surface area contributed by atoms with E-state index in [9.17, 15) is 34.2 Å². The van der Waals surface area contributed by atoms with E-state index in [1.165, 1.54) is 24.3 Å². The number of nitrogens with two attached hydrogens (primary N) is 3. The van der Waals surface area contributed by atoms with Crippen LogP contribution >= 0.6 is 0 Å². The fourth-order valence-corrected chi connectivity index (χ4v) is 3.56. The first-order valence-electron chi connectivity index (χ1n) is 12.5. The highest BCUT2D eigenvalue weighted by Gasteiger charge is 2.31. The average molecular weight is 537 g/mol. The summed E-state index contributed by atoms with van der Waals surface area (Å²) in [5, 5.41) is 26.4. The van der Waals surface area contributed by atoms with E-state index in [2.05, 4.69) is 16.0 Å². The van der Waals surface area contributed by atoms with Crippen LogP contribution < -0.4 is 33.2 Å². The average Bonchev–Trinajstić information content (AvgIpc) is 2.87. The lowest BCUT2D eigenvalue weighted by molar-refractivity contribution is -0.142. The molecule has 5 unspecified atom stereocenters. The largest absolute Gasteiger partial charge is 0.508 e. The molecule has 0 aliphatic carbocycles. The number of carbonyl (C=O) groups is 5. The summed E-state index contributed by atoms with van der Waals surface area (Å²) in [5.74, 6) is -4.58. The summed E-state index contributed by atoms with van der Waals surface area (Å²) in [4.78, 5) is 62.1. The molecule has 0 radical (unpaired) electrons. The number of phenolic OH excluding ortho intramolecular Hbond substituents is 1. The third-order valence-electron chi connectivity index (χ3n) is 6.17. The molecule has 0 saturated heterocycles. The van der Waals surface area contributed by atoms with Crippen LogP contribution in [0.3, 0.4) is 0 Å². The number of carboxylic acid groups (broad SMARTS) is 1. The highest BCUT2D eigenvalue weighted by atomic mass is 16.4. The Hall–Kier alpha value is -3.71. The van der Waals surface area contributed by atoms with Crippen LogP contribution in [0.1, 0.15) is 51.5 Å². The van der Waals surface area contributed by atoms with E-state index in [4.69, 9.17) is 17.2 Å². The zero-order valence-corrected chi connectivity index (χ0v) is 21.8. The number of aromatic hydroxyl groups is 1. The summed E-state index contributed by atoms with van der Waals surface area (Å²) in [6.45, 7) is 3.96. The van der Waals surface area contributed by atoms with Crippen molar-refractivity contribution >= 4 is 29.6 Å². The van der Waals surface area contributed by atoms with Crippen LogP contribution in [-0.2, 0) is 30.4 Å². The van der Waals surface area contributed by atoms with Gasteiger partial charge in [-0.15, -0.1) is 0 Å². The predicted octanol–water partition coefficient (Wildman–Crippen LogP) is -1.15. The molecule has 0 aliphatic heterocycles. The number of nitrogens with one attached hydrogen (secondary N) is 3. The Morgan fingerprint density at radius 3 is 1.97 bits per heavy atom. The molecule has 1 aromatic carbocycles. The Bertz CT molecular complexity index is 956. The van der Waals surface area contributed by atoms with Gasteiger partial charge in [-0.1, -0.05) is 32.4 Å². The zero-order chi connectivity index (χ0) is 28.8. The number of primary amides is 1. The van der Waals surface area contributed by atoms with E-state index in [1.807, 2.05) is 6.92 Å². The normalized spacial score (nSPS) is 14.8. The van der Waals surface area contributed by atoms with E-state index in [0.29, 0.717) is 31.4 Å². The van der Waals surface area contributed by atoms with E-state index in [1.54, 1.807) is 6.92 Å². The first kappa shape index (κ1) is 32.3. The molecular weight excluding hydrogens is 496 g/mol. The third-order valence-corrected chi connectivity index (χ3v) is 6.17. The van der Waals surface area contributed by atoms with E-state index in [0.717, 1.165) is 0 Å². The van der Waals surface area contributed by atoms with E-state index < -0.39 is 60.2 Å². The number of unbranched alkanes of at least 4 members (excludes halogenated alkanes) is 1. The molecule has 0 aromatic heterocycles. The van der Waals surface area contributed by atoms with Gasteiger partial charge in [-0.3, -0.25) is 19.2 Å². The summed E-state index contributed by atoms with van der Waals surface area (Å²) in [6.07, 6.45) is 1.12. The smallest absolute Gasteiger partial charge is 0.326 e. The maximum absolute atomic E-state index is 13.1. The van der Waals surface area contributed by atoms with Gasteiger partial charge in [-0.25, -0.2) is 4.79 Å². The van der Waals surface area contributed by atoms with Crippen molar-refractivity contribution in [3.05, 3.63) is 29.8 Å². The lowest BCUT2D eigenvalue weighted by atomic mass is 9.98. The first-order chi connectivity index (χ1) is 17.9. The van der Waals surface area contributed by atoms with Crippen LogP contribution in [0.5, 0.6) is 5.75 Å². The predicted molar refractivity (Wildman–Crippen MR) is 139 cm³/mol. The number of carbonyl (C=O) groups excluding carboxylic acids is 4. The van der Waals surface area contributed by atoms with Crippen LogP contribution in [0.4, 0.5) is 0 Å². The molecule has 13 nitrogen and oxygen atoms in total. The number of hydrogen-bond donors (Lipinski definition) is 8. The Labute approximate surface area is 221 Å². The number of aliphatic carboxylic acids is 1. The number of hydrogen-bond acceptors (Lipinski definition) is 8. The fourth-order valence-electron chi connectivity index (χ4n) is 3.56. The number of carboxylic acids is 1. The maximum atomic E-state index is 13.1. The molecule has 38 heavy (non-hydrogen) atoms. The molecule has 13 heteroatoms. The van der Waals surface area contributed by atoms with Crippen LogP contribution in [-0.4, -0.2) is 70.5 Å². The molecular formula is C25H40N6O7. The summed E-state index contributed by atoms with van der Waals surface area (Å²) < 4.78 is 0. The van der Waals surface area contributed by atoms with Crippen molar-refractivity contribution in [1.29, 1.82) is 0 Å². The molecule has 0 bridgehead atoms. The highest BCUT2D eigenvalue weighted by molar-refractivity contribution is 5.96. The molecule has 0 aliphatic rings. The van der Waals surface area contributed by atoms with Gasteiger partial charge in [0.15, 0.2) is 0 Å². The van der Waals surface area contributed by atoms with Gasteiger partial charge in [0.25, 0.3) is 0 Å². The molecule has 0 saturated carbocycles. The second-order valence-corrected chi connectivity index (χ2v) is 9.26. The fraction of sp³-hybridized carbons (Fsp3) is 0.560. The minimum Gasteiger partial charge on any atom is -0.508 e. The number of rotatable bonds is 17. The van der Waals surface area contributed by atoms with Gasteiger partial charge in [0.1, 0.15) is 23.9 Å². The van der Waals surface area contributed by atoms with Gasteiger partial charge >= 0.3 is 5.97 Å². The highest BCUT2D eigenvalue weighted by Crippen LogP contribution is 2.12. The van der Waals surface area contributed by atoms with Crippen LogP contribution in [0.2, 0.25) is 0 Å². The number of benzene rings is 1. The molecule has 4 amide bonds. The molecule has 0 fully saturated rings. The topological polar surface area (TPSA) is 240 Å². The molecule has 0 spiro atoms. The van der Waals surface area contributed by atoms with Crippen LogP contribution in [0, 0.1) is 5.92 Å². The van der Waals surface area contributed by atoms with E-state index in [-0.39, 0.29) is 24.5 Å². The lowest BCUT2D eigenvalue weighted by Crippen LogP contribution is -2.58. The van der Waals surface area contributed by atoms with Crippen molar-refractivity contribution < 1.29 is 34.2 Å². The van der Waals surface area contributed by atoms with E-state index >= 15 is 0 Å². The van der Waals surface area contributed by atoms with Crippen LogP contribution in [0.15, 0.2) is 24.3 Å². The van der Waals surface area contributed by atoms with Crippen molar-refractivity contribution in [2.45, 2.75) is 76.5 Å². The van der Waals surface area contributed by atoms with Crippen molar-refractivity contribution in [3.63, 3.8) is 0 Å². The van der Waals surface area contributed by atoms with Gasteiger partial charge in [-0.05, 0) is 49.4 Å². The first-order valence-corrected chi connectivity index (χ1v) is 12.5. The number of phenols is 1. The summed E-state index contributed by atoms with van der Waals surface area (Å²) in [6, 6.07) is 1.04. The zero-order valence-electron chi connectivity index (χ0n) is 21.8. The minimum atomic E-state index is -1.38. The third kappa shape index (κ3) is 11.1. The second-order valence-electron chi connectivity index (χ2n) is 9.26. The Kier molecular flexibility index (Phi) is 13.8. The Balaban J connectivity index is 3.05. The summed E-state index contributed by atoms with van der Waals surface area (Å²) in [7, 11) is 0.